The number of thioether (sulfide) groups is 1. The van der Waals surface area contributed by atoms with Crippen LogP contribution >= 0.6 is 11.8 Å². The van der Waals surface area contributed by atoms with Gasteiger partial charge in [-0.1, -0.05) is 49.1 Å². The van der Waals surface area contributed by atoms with E-state index in [1.165, 1.54) is 36.0 Å². The fourth-order valence-corrected chi connectivity index (χ4v) is 7.13. The van der Waals surface area contributed by atoms with Crippen molar-refractivity contribution in [1.29, 1.82) is 0 Å². The smallest absolute Gasteiger partial charge is 0.233 e. The average Bonchev–Trinajstić information content (AvgIpc) is 3.04. The summed E-state index contributed by atoms with van der Waals surface area (Å²) in [5.41, 5.74) is 2.55. The molecule has 1 fully saturated rings. The van der Waals surface area contributed by atoms with E-state index >= 15 is 0 Å². The van der Waals surface area contributed by atoms with Crippen molar-refractivity contribution >= 4 is 40.2 Å². The Hall–Kier alpha value is -3.78. The van der Waals surface area contributed by atoms with Crippen molar-refractivity contribution in [3.8, 4) is 0 Å². The number of anilines is 1. The van der Waals surface area contributed by atoms with Crippen LogP contribution in [0.5, 0.6) is 0 Å². The Bertz CT molecular complexity index is 1580. The Morgan fingerprint density at radius 3 is 2.33 bits per heavy atom. The van der Waals surface area contributed by atoms with Crippen molar-refractivity contribution < 1.29 is 14.0 Å². The van der Waals surface area contributed by atoms with E-state index < -0.39 is 5.25 Å². The van der Waals surface area contributed by atoms with Crippen LogP contribution in [0.2, 0.25) is 0 Å². The van der Waals surface area contributed by atoms with Gasteiger partial charge in [0, 0.05) is 49.3 Å². The fraction of sp³-hybridized carbons (Fsp3) is 0.405. The molecule has 1 atom stereocenters. The number of ketones is 1. The molecule has 8 heteroatoms. The zero-order valence-corrected chi connectivity index (χ0v) is 27.3. The lowest BCUT2D eigenvalue weighted by Gasteiger charge is -2.29. The Labute approximate surface area is 270 Å². The summed E-state index contributed by atoms with van der Waals surface area (Å²) < 4.78 is 13.4. The maximum Gasteiger partial charge on any atom is 0.233 e. The van der Waals surface area contributed by atoms with Gasteiger partial charge < -0.3 is 10.2 Å². The predicted molar refractivity (Wildman–Crippen MR) is 181 cm³/mol. The number of nitrogens with zero attached hydrogens (tertiary/aromatic N) is 3. The van der Waals surface area contributed by atoms with Gasteiger partial charge in [0.1, 0.15) is 17.5 Å². The van der Waals surface area contributed by atoms with Gasteiger partial charge in [0.2, 0.25) is 5.91 Å². The molecule has 1 aromatic heterocycles. The molecule has 0 bridgehead atoms. The molecule has 0 spiro atoms. The number of aromatic nitrogens is 2. The molecule has 1 saturated carbocycles. The Balaban J connectivity index is 1.10. The first-order chi connectivity index (χ1) is 21.7. The highest BCUT2D eigenvalue weighted by Crippen LogP contribution is 2.33. The molecule has 1 heterocycles. The highest BCUT2D eigenvalue weighted by atomic mass is 32.2. The second-order valence-electron chi connectivity index (χ2n) is 12.5. The Morgan fingerprint density at radius 1 is 0.933 bits per heavy atom. The maximum absolute atomic E-state index is 13.4. The predicted octanol–water partition coefficient (Wildman–Crippen LogP) is 7.82. The normalized spacial score (nSPS) is 17.2. The van der Waals surface area contributed by atoms with Gasteiger partial charge in [-0.2, -0.15) is 0 Å². The summed E-state index contributed by atoms with van der Waals surface area (Å²) in [6, 6.07) is 21.7. The summed E-state index contributed by atoms with van der Waals surface area (Å²) in [6.45, 7) is 2.64. The number of amides is 1. The van der Waals surface area contributed by atoms with Gasteiger partial charge in [0.15, 0.2) is 5.78 Å². The number of benzene rings is 3. The minimum absolute atomic E-state index is 0.0553. The molecule has 0 radical (unpaired) electrons. The highest BCUT2D eigenvalue weighted by Gasteiger charge is 2.26. The third kappa shape index (κ3) is 9.13. The summed E-state index contributed by atoms with van der Waals surface area (Å²) >= 11 is 1.41. The van der Waals surface area contributed by atoms with Crippen LogP contribution in [0.15, 0.2) is 77.7 Å². The monoisotopic (exact) mass is 626 g/mol. The molecule has 0 aliphatic heterocycles. The van der Waals surface area contributed by atoms with Crippen LogP contribution in [0.1, 0.15) is 66.7 Å². The van der Waals surface area contributed by atoms with Crippen LogP contribution in [-0.4, -0.2) is 47.5 Å². The highest BCUT2D eigenvalue weighted by molar-refractivity contribution is 8.00. The molecular formula is C37H43FN4O2S. The van der Waals surface area contributed by atoms with Crippen LogP contribution in [0.25, 0.3) is 10.9 Å². The van der Waals surface area contributed by atoms with E-state index in [2.05, 4.69) is 22.3 Å². The van der Waals surface area contributed by atoms with Gasteiger partial charge >= 0.3 is 0 Å². The molecule has 1 aliphatic carbocycles. The van der Waals surface area contributed by atoms with Gasteiger partial charge in [-0.05, 0) is 86.6 Å². The second-order valence-corrected chi connectivity index (χ2v) is 13.7. The quantitative estimate of drug-likeness (QED) is 0.120. The summed E-state index contributed by atoms with van der Waals surface area (Å²) in [6.07, 6.45) is 7.65. The van der Waals surface area contributed by atoms with Gasteiger partial charge in [0.25, 0.3) is 0 Å². The molecule has 3 aromatic carbocycles. The van der Waals surface area contributed by atoms with E-state index in [0.717, 1.165) is 77.9 Å². The van der Waals surface area contributed by atoms with Crippen LogP contribution in [0.3, 0.4) is 0 Å². The lowest BCUT2D eigenvalue weighted by Crippen LogP contribution is -2.38. The summed E-state index contributed by atoms with van der Waals surface area (Å²) in [4.78, 5) is 39.1. The van der Waals surface area contributed by atoms with Gasteiger partial charge in [-0.3, -0.25) is 9.59 Å². The summed E-state index contributed by atoms with van der Waals surface area (Å²) in [7, 11) is 4.05. The number of para-hydroxylation sites is 1. The standard InChI is InChI=1S/C37H43FN4O2S/c1-25-11-21-30(22-12-25)45-34(23-33(43)28-17-19-29(38)20-18-28)37(44)39-24-27-15-13-26(14-16-27)7-6-10-35-40-32-9-5-4-8-31(32)36(41-35)42(2)3/h4-5,8-9,11-12,17-22,26-27,34H,6-7,10,13-16,23-24H2,1-3H3,(H,39,44). The van der Waals surface area contributed by atoms with Crippen LogP contribution < -0.4 is 10.2 Å². The minimum atomic E-state index is -0.563. The van der Waals surface area contributed by atoms with E-state index in [1.807, 2.05) is 57.4 Å². The van der Waals surface area contributed by atoms with Crippen LogP contribution in [-0.2, 0) is 11.2 Å². The molecule has 236 valence electrons. The van der Waals surface area contributed by atoms with Crippen LogP contribution in [0, 0.1) is 24.6 Å². The number of halogens is 1. The third-order valence-electron chi connectivity index (χ3n) is 8.73. The minimum Gasteiger partial charge on any atom is -0.362 e. The van der Waals surface area contributed by atoms with E-state index in [9.17, 15) is 14.0 Å². The largest absolute Gasteiger partial charge is 0.362 e. The van der Waals surface area contributed by atoms with Crippen LogP contribution in [0.4, 0.5) is 10.2 Å². The Kier molecular flexibility index (Phi) is 11.2. The molecular weight excluding hydrogens is 583 g/mol. The van der Waals surface area contributed by atoms with Crippen molar-refractivity contribution in [2.75, 3.05) is 25.5 Å². The lowest BCUT2D eigenvalue weighted by molar-refractivity contribution is -0.120. The average molecular weight is 627 g/mol. The number of hydrogen-bond acceptors (Lipinski definition) is 6. The first-order valence-corrected chi connectivity index (χ1v) is 16.9. The number of Topliss-reactive ketones (excluding diaryl/α,β-unsaturated/α-hetero) is 1. The molecule has 4 aromatic rings. The molecule has 6 nitrogen and oxygen atoms in total. The Morgan fingerprint density at radius 2 is 1.62 bits per heavy atom. The van der Waals surface area contributed by atoms with Crippen molar-refractivity contribution in [2.24, 2.45) is 11.8 Å². The number of aryl methyl sites for hydroxylation is 2. The van der Waals surface area contributed by atoms with E-state index in [4.69, 9.17) is 9.97 Å². The number of hydrogen-bond donors (Lipinski definition) is 1. The zero-order valence-electron chi connectivity index (χ0n) is 26.5. The van der Waals surface area contributed by atoms with Crippen molar-refractivity contribution in [3.63, 3.8) is 0 Å². The molecule has 5 rings (SSSR count). The molecule has 1 aliphatic rings. The van der Waals surface area contributed by atoms with Gasteiger partial charge in [0.05, 0.1) is 10.8 Å². The number of carbonyl (C=O) groups is 2. The number of nitrogens with one attached hydrogen (secondary N) is 1. The summed E-state index contributed by atoms with van der Waals surface area (Å²) in [5.74, 6) is 2.33. The topological polar surface area (TPSA) is 75.2 Å². The maximum atomic E-state index is 13.4. The van der Waals surface area contributed by atoms with E-state index in [0.29, 0.717) is 23.9 Å². The number of carbonyl (C=O) groups excluding carboxylic acids is 2. The first kappa shape index (κ1) is 32.6. The van der Waals surface area contributed by atoms with E-state index in [-0.39, 0.29) is 23.9 Å². The molecule has 1 unspecified atom stereocenters. The third-order valence-corrected chi connectivity index (χ3v) is 9.94. The molecule has 1 N–H and O–H groups in total. The number of fused-ring (bicyclic) bond motifs is 1. The fourth-order valence-electron chi connectivity index (χ4n) is 6.08. The van der Waals surface area contributed by atoms with Gasteiger partial charge in [-0.25, -0.2) is 14.4 Å². The summed E-state index contributed by atoms with van der Waals surface area (Å²) in [5, 5.41) is 3.68. The van der Waals surface area contributed by atoms with Crippen molar-refractivity contribution in [3.05, 3.63) is 95.6 Å². The zero-order chi connectivity index (χ0) is 31.8. The van der Waals surface area contributed by atoms with Crippen molar-refractivity contribution in [1.82, 2.24) is 15.3 Å². The lowest BCUT2D eigenvalue weighted by atomic mass is 9.80. The van der Waals surface area contributed by atoms with Gasteiger partial charge in [-0.15, -0.1) is 11.8 Å². The number of rotatable bonds is 13. The first-order valence-electron chi connectivity index (χ1n) is 16.0. The van der Waals surface area contributed by atoms with E-state index in [1.54, 1.807) is 0 Å². The molecule has 1 amide bonds. The van der Waals surface area contributed by atoms with Crippen molar-refractivity contribution in [2.45, 2.75) is 68.4 Å². The SMILES string of the molecule is Cc1ccc(SC(CC(=O)c2ccc(F)cc2)C(=O)NCC2CCC(CCCc3nc(N(C)C)c4ccccc4n3)CC2)cc1. The molecule has 45 heavy (non-hydrogen) atoms. The molecule has 0 saturated heterocycles. The second kappa shape index (κ2) is 15.5.